The van der Waals surface area contributed by atoms with Crippen LogP contribution >= 0.6 is 11.8 Å². The van der Waals surface area contributed by atoms with Gasteiger partial charge in [0.05, 0.1) is 4.91 Å². The summed E-state index contributed by atoms with van der Waals surface area (Å²) in [5.41, 5.74) is 1.17. The van der Waals surface area contributed by atoms with Crippen LogP contribution in [0.1, 0.15) is 13.8 Å². The van der Waals surface area contributed by atoms with Crippen molar-refractivity contribution in [3.8, 4) is 0 Å². The minimum Gasteiger partial charge on any atom is -0.353 e. The molecule has 3 heteroatoms. The van der Waals surface area contributed by atoms with Gasteiger partial charge in [-0.05, 0) is 19.3 Å². The number of ketones is 1. The Labute approximate surface area is 71.0 Å². The summed E-state index contributed by atoms with van der Waals surface area (Å²) in [4.78, 5) is 13.7. The van der Waals surface area contributed by atoms with E-state index in [0.29, 0.717) is 0 Å². The zero-order valence-electron chi connectivity index (χ0n) is 6.92. The molecule has 0 saturated carbocycles. The van der Waals surface area contributed by atoms with Crippen molar-refractivity contribution in [3.63, 3.8) is 0 Å². The van der Waals surface area contributed by atoms with Crippen LogP contribution < -0.4 is 0 Å². The molecule has 0 aromatic carbocycles. The van der Waals surface area contributed by atoms with E-state index >= 15 is 0 Å². The van der Waals surface area contributed by atoms with E-state index in [2.05, 4.69) is 0 Å². The molecule has 0 unspecified atom stereocenters. The van der Waals surface area contributed by atoms with Crippen LogP contribution in [0, 0.1) is 0 Å². The van der Waals surface area contributed by atoms with Gasteiger partial charge in [0.1, 0.15) is 0 Å². The predicted octanol–water partition coefficient (Wildman–Crippen LogP) is 1.96. The number of rotatable bonds is 1. The van der Waals surface area contributed by atoms with Crippen LogP contribution in [0.15, 0.2) is 22.2 Å². The van der Waals surface area contributed by atoms with Crippen molar-refractivity contribution in [2.45, 2.75) is 13.8 Å². The van der Waals surface area contributed by atoms with Crippen LogP contribution in [-0.4, -0.2) is 17.7 Å². The predicted molar refractivity (Wildman–Crippen MR) is 47.9 cm³/mol. The van der Waals surface area contributed by atoms with E-state index < -0.39 is 0 Å². The third kappa shape index (κ3) is 1.87. The lowest BCUT2D eigenvalue weighted by Crippen LogP contribution is -2.12. The molecule has 0 saturated heterocycles. The maximum absolute atomic E-state index is 10.9. The molecule has 1 rings (SSSR count). The first kappa shape index (κ1) is 8.40. The molecule has 11 heavy (non-hydrogen) atoms. The molecular weight excluding hydrogens is 158 g/mol. The van der Waals surface area contributed by atoms with Gasteiger partial charge in [-0.25, -0.2) is 0 Å². The third-order valence-electron chi connectivity index (χ3n) is 1.57. The summed E-state index contributed by atoms with van der Waals surface area (Å²) in [6.45, 7) is 3.60. The molecule has 0 aromatic heterocycles. The molecule has 60 valence electrons. The van der Waals surface area contributed by atoms with Crippen molar-refractivity contribution in [2.75, 3.05) is 7.05 Å². The second-order valence-electron chi connectivity index (χ2n) is 2.54. The molecule has 0 bridgehead atoms. The number of Topliss-reactive ketones (excluding diaryl/α,β-unsaturated/α-hetero) is 1. The van der Waals surface area contributed by atoms with E-state index in [0.717, 1.165) is 4.91 Å². The molecule has 0 fully saturated rings. The van der Waals surface area contributed by atoms with E-state index in [-0.39, 0.29) is 5.78 Å². The highest BCUT2D eigenvalue weighted by Gasteiger charge is 2.10. The minimum atomic E-state index is 0.130. The van der Waals surface area contributed by atoms with Gasteiger partial charge in [0.25, 0.3) is 0 Å². The zero-order valence-corrected chi connectivity index (χ0v) is 7.73. The Morgan fingerprint density at radius 3 is 2.73 bits per heavy atom. The third-order valence-corrected chi connectivity index (χ3v) is 2.68. The highest BCUT2D eigenvalue weighted by molar-refractivity contribution is 8.06. The summed E-state index contributed by atoms with van der Waals surface area (Å²) in [5.74, 6) is 0.130. The second kappa shape index (κ2) is 3.13. The fourth-order valence-electron chi connectivity index (χ4n) is 0.714. The lowest BCUT2D eigenvalue weighted by molar-refractivity contribution is -0.113. The number of carbonyl (C=O) groups excluding carboxylic acids is 1. The van der Waals surface area contributed by atoms with Crippen molar-refractivity contribution in [1.29, 1.82) is 0 Å². The summed E-state index contributed by atoms with van der Waals surface area (Å²) >= 11 is 1.49. The molecule has 1 aliphatic heterocycles. The van der Waals surface area contributed by atoms with Gasteiger partial charge >= 0.3 is 0 Å². The fraction of sp³-hybridized carbons (Fsp3) is 0.375. The average Bonchev–Trinajstić information content (AvgIpc) is 1.94. The van der Waals surface area contributed by atoms with E-state index in [1.807, 2.05) is 30.5 Å². The zero-order chi connectivity index (χ0) is 8.43. The first-order valence-corrected chi connectivity index (χ1v) is 4.28. The molecule has 0 aliphatic carbocycles. The van der Waals surface area contributed by atoms with Crippen molar-refractivity contribution in [1.82, 2.24) is 4.90 Å². The maximum Gasteiger partial charge on any atom is 0.167 e. The summed E-state index contributed by atoms with van der Waals surface area (Å²) in [6.07, 6.45) is 1.86. The molecule has 1 heterocycles. The number of allylic oxidation sites excluding steroid dienone is 2. The number of nitrogens with zero attached hydrogens (tertiary/aromatic N) is 1. The lowest BCUT2D eigenvalue weighted by atomic mass is 10.4. The van der Waals surface area contributed by atoms with E-state index in [1.54, 1.807) is 6.92 Å². The number of carbonyl (C=O) groups is 1. The molecule has 0 atom stereocenters. The quantitative estimate of drug-likeness (QED) is 0.598. The van der Waals surface area contributed by atoms with Crippen LogP contribution in [0.5, 0.6) is 0 Å². The summed E-state index contributed by atoms with van der Waals surface area (Å²) < 4.78 is 0. The SMILES string of the molecule is CC(=O)C1=CN(C)C(C)=CS1. The Kier molecular flexibility index (Phi) is 2.39. The maximum atomic E-state index is 10.9. The van der Waals surface area contributed by atoms with Crippen LogP contribution in [0.4, 0.5) is 0 Å². The smallest absolute Gasteiger partial charge is 0.167 e. The summed E-state index contributed by atoms with van der Waals surface area (Å²) in [7, 11) is 1.94. The Hall–Kier alpha value is -0.700. The van der Waals surface area contributed by atoms with Gasteiger partial charge in [-0.15, -0.1) is 0 Å². The van der Waals surface area contributed by atoms with Gasteiger partial charge in [-0.2, -0.15) is 0 Å². The van der Waals surface area contributed by atoms with Crippen LogP contribution in [0.3, 0.4) is 0 Å². The van der Waals surface area contributed by atoms with E-state index in [1.165, 1.54) is 17.5 Å². The summed E-state index contributed by atoms with van der Waals surface area (Å²) in [5, 5.41) is 1.98. The van der Waals surface area contributed by atoms with Crippen molar-refractivity contribution >= 4 is 17.5 Å². The van der Waals surface area contributed by atoms with Gasteiger partial charge in [-0.1, -0.05) is 11.8 Å². The topological polar surface area (TPSA) is 20.3 Å². The van der Waals surface area contributed by atoms with Crippen molar-refractivity contribution < 1.29 is 4.79 Å². The Balaban J connectivity index is 2.77. The molecular formula is C8H11NOS. The largest absolute Gasteiger partial charge is 0.353 e. The average molecular weight is 169 g/mol. The molecule has 0 spiro atoms. The summed E-state index contributed by atoms with van der Waals surface area (Å²) in [6, 6.07) is 0. The fourth-order valence-corrected chi connectivity index (χ4v) is 1.56. The standard InChI is InChI=1S/C8H11NOS/c1-6-5-11-8(7(2)10)4-9(6)3/h4-5H,1-3H3. The molecule has 2 nitrogen and oxygen atoms in total. The number of hydrogen-bond acceptors (Lipinski definition) is 3. The number of hydrogen-bond donors (Lipinski definition) is 0. The highest BCUT2D eigenvalue weighted by atomic mass is 32.2. The molecule has 0 aromatic rings. The van der Waals surface area contributed by atoms with E-state index in [4.69, 9.17) is 0 Å². The van der Waals surface area contributed by atoms with Crippen LogP contribution in [-0.2, 0) is 4.79 Å². The van der Waals surface area contributed by atoms with E-state index in [9.17, 15) is 4.79 Å². The Morgan fingerprint density at radius 2 is 2.27 bits per heavy atom. The Bertz CT molecular complexity index is 242. The molecule has 1 aliphatic rings. The van der Waals surface area contributed by atoms with Gasteiger partial charge in [0.15, 0.2) is 5.78 Å². The highest BCUT2D eigenvalue weighted by Crippen LogP contribution is 2.26. The monoisotopic (exact) mass is 169 g/mol. The lowest BCUT2D eigenvalue weighted by Gasteiger charge is -2.19. The first-order chi connectivity index (χ1) is 5.11. The van der Waals surface area contributed by atoms with Crippen LogP contribution in [0.2, 0.25) is 0 Å². The van der Waals surface area contributed by atoms with Gasteiger partial charge in [0, 0.05) is 18.9 Å². The Morgan fingerprint density at radius 1 is 1.64 bits per heavy atom. The normalized spacial score (nSPS) is 17.5. The minimum absolute atomic E-state index is 0.130. The van der Waals surface area contributed by atoms with Crippen LogP contribution in [0.25, 0.3) is 0 Å². The van der Waals surface area contributed by atoms with Gasteiger partial charge in [0.2, 0.25) is 0 Å². The van der Waals surface area contributed by atoms with Gasteiger partial charge < -0.3 is 4.90 Å². The van der Waals surface area contributed by atoms with Gasteiger partial charge in [-0.3, -0.25) is 4.79 Å². The van der Waals surface area contributed by atoms with Crippen molar-refractivity contribution in [3.05, 3.63) is 22.2 Å². The second-order valence-corrected chi connectivity index (χ2v) is 3.45. The first-order valence-electron chi connectivity index (χ1n) is 3.40. The molecule has 0 radical (unpaired) electrons. The molecule has 0 N–H and O–H groups in total. The number of thioether (sulfide) groups is 1. The van der Waals surface area contributed by atoms with Crippen molar-refractivity contribution in [2.24, 2.45) is 0 Å². The molecule has 0 amide bonds.